The van der Waals surface area contributed by atoms with Crippen molar-refractivity contribution < 1.29 is 4.79 Å². The molecule has 7 heteroatoms. The van der Waals surface area contributed by atoms with Gasteiger partial charge in [-0.25, -0.2) is 0 Å². The van der Waals surface area contributed by atoms with Crippen molar-refractivity contribution in [3.05, 3.63) is 58.9 Å². The topological polar surface area (TPSA) is 72.1 Å². The van der Waals surface area contributed by atoms with Crippen LogP contribution < -0.4 is 5.73 Å². The van der Waals surface area contributed by atoms with E-state index in [1.165, 1.54) is 11.8 Å². The molecule has 1 saturated carbocycles. The fourth-order valence-corrected chi connectivity index (χ4v) is 3.95. The molecule has 0 aliphatic heterocycles. The normalized spacial score (nSPS) is 22.3. The Labute approximate surface area is 165 Å². The lowest BCUT2D eigenvalue weighted by Gasteiger charge is -2.42. The number of carbonyl (C=O) groups excluding carboxylic acids is 1. The molecule has 5 nitrogen and oxygen atoms in total. The highest BCUT2D eigenvalue weighted by Crippen LogP contribution is 2.40. The second-order valence-electron chi connectivity index (χ2n) is 6.77. The molecule has 1 amide bonds. The molecule has 3 rings (SSSR count). The minimum absolute atomic E-state index is 0. The molecule has 140 valence electrons. The van der Waals surface area contributed by atoms with Gasteiger partial charge < -0.3 is 10.6 Å². The molecule has 0 saturated heterocycles. The van der Waals surface area contributed by atoms with Crippen molar-refractivity contribution in [3.8, 4) is 0 Å². The van der Waals surface area contributed by atoms with Crippen LogP contribution >= 0.6 is 24.0 Å². The molecule has 1 aliphatic rings. The summed E-state index contributed by atoms with van der Waals surface area (Å²) in [4.78, 5) is 14.4. The number of carbonyl (C=O) groups is 1. The van der Waals surface area contributed by atoms with Gasteiger partial charge in [0, 0.05) is 30.1 Å². The van der Waals surface area contributed by atoms with E-state index >= 15 is 0 Å². The second-order valence-corrected chi connectivity index (χ2v) is 7.21. The predicted octanol–water partition coefficient (Wildman–Crippen LogP) is 3.46. The quantitative estimate of drug-likeness (QED) is 0.861. The van der Waals surface area contributed by atoms with Gasteiger partial charge in [0.05, 0.1) is 18.0 Å². The van der Waals surface area contributed by atoms with Crippen molar-refractivity contribution in [1.29, 1.82) is 0 Å². The van der Waals surface area contributed by atoms with Crippen LogP contribution in [0.25, 0.3) is 0 Å². The summed E-state index contributed by atoms with van der Waals surface area (Å²) >= 11 is 6.17. The average Bonchev–Trinajstić information content (AvgIpc) is 2.67. The number of hydrogen-bond acceptors (Lipinski definition) is 4. The molecule has 0 atom stereocenters. The van der Waals surface area contributed by atoms with Crippen LogP contribution in [0, 0.1) is 0 Å². The monoisotopic (exact) mass is 394 g/mol. The highest BCUT2D eigenvalue weighted by Gasteiger charge is 2.37. The molecule has 0 bridgehead atoms. The van der Waals surface area contributed by atoms with Gasteiger partial charge in [0.25, 0.3) is 5.91 Å². The number of amides is 1. The van der Waals surface area contributed by atoms with Crippen molar-refractivity contribution in [2.75, 3.05) is 13.6 Å². The highest BCUT2D eigenvalue weighted by atomic mass is 35.5. The van der Waals surface area contributed by atoms with Gasteiger partial charge in [0.2, 0.25) is 0 Å². The van der Waals surface area contributed by atoms with Crippen LogP contribution in [-0.4, -0.2) is 40.6 Å². The third-order valence-corrected chi connectivity index (χ3v) is 5.67. The largest absolute Gasteiger partial charge is 0.339 e. The summed E-state index contributed by atoms with van der Waals surface area (Å²) in [5.74, 6) is -0.0112. The second kappa shape index (κ2) is 8.80. The molecule has 1 aromatic heterocycles. The summed E-state index contributed by atoms with van der Waals surface area (Å²) in [7, 11) is 1.86. The fraction of sp³-hybridized carbons (Fsp3) is 0.421. The summed E-state index contributed by atoms with van der Waals surface area (Å²) in [5, 5.41) is 8.26. The molecule has 1 aromatic carbocycles. The molecule has 1 fully saturated rings. The number of halogens is 2. The van der Waals surface area contributed by atoms with E-state index in [1.54, 1.807) is 12.3 Å². The van der Waals surface area contributed by atoms with Crippen LogP contribution in [-0.2, 0) is 5.41 Å². The van der Waals surface area contributed by atoms with Crippen LogP contribution in [0.5, 0.6) is 0 Å². The smallest absolute Gasteiger partial charge is 0.255 e. The van der Waals surface area contributed by atoms with E-state index in [4.69, 9.17) is 17.3 Å². The van der Waals surface area contributed by atoms with Crippen LogP contribution in [0.1, 0.15) is 41.6 Å². The summed E-state index contributed by atoms with van der Waals surface area (Å²) in [6.45, 7) is 0.589. The van der Waals surface area contributed by atoms with Crippen LogP contribution in [0.4, 0.5) is 0 Å². The Bertz CT molecular complexity index is 733. The van der Waals surface area contributed by atoms with Gasteiger partial charge in [-0.1, -0.05) is 23.7 Å². The average molecular weight is 395 g/mol. The summed E-state index contributed by atoms with van der Waals surface area (Å²) < 4.78 is 0. The molecule has 0 spiro atoms. The Morgan fingerprint density at radius 2 is 2.04 bits per heavy atom. The number of hydrogen-bond donors (Lipinski definition) is 1. The number of aromatic nitrogens is 2. The van der Waals surface area contributed by atoms with E-state index in [-0.39, 0.29) is 29.8 Å². The van der Waals surface area contributed by atoms with E-state index in [9.17, 15) is 4.79 Å². The highest BCUT2D eigenvalue weighted by molar-refractivity contribution is 6.30. The Balaban J connectivity index is 0.00000243. The van der Waals surface area contributed by atoms with Crippen molar-refractivity contribution in [2.45, 2.75) is 37.1 Å². The molecule has 2 N–H and O–H groups in total. The van der Waals surface area contributed by atoms with Gasteiger partial charge in [-0.05, 0) is 49.4 Å². The Kier molecular flexibility index (Phi) is 6.98. The SMILES string of the molecule is CN(C(=O)c1ccnnc1)[C@H]1CC[C@@](CN)(c2cccc(Cl)c2)CC1.Cl. The van der Waals surface area contributed by atoms with Crippen molar-refractivity contribution >= 4 is 29.9 Å². The standard InChI is InChI=1S/C19H23ClN4O.ClH/c1-24(18(25)14-7-10-22-23-12-14)17-5-8-19(13-21,9-6-17)15-3-2-4-16(20)11-15;/h2-4,7,10-12,17H,5-6,8-9,13,21H2,1H3;1H/t17-,19+;. The first kappa shape index (κ1) is 20.6. The van der Waals surface area contributed by atoms with Gasteiger partial charge in [-0.15, -0.1) is 12.4 Å². The van der Waals surface area contributed by atoms with E-state index in [2.05, 4.69) is 16.3 Å². The lowest BCUT2D eigenvalue weighted by Crippen LogP contribution is -2.46. The third kappa shape index (κ3) is 4.17. The molecule has 1 heterocycles. The van der Waals surface area contributed by atoms with E-state index < -0.39 is 0 Å². The molecule has 0 radical (unpaired) electrons. The minimum Gasteiger partial charge on any atom is -0.339 e. The van der Waals surface area contributed by atoms with Crippen LogP contribution in [0.3, 0.4) is 0 Å². The van der Waals surface area contributed by atoms with Gasteiger partial charge in [0.1, 0.15) is 0 Å². The molecule has 1 aliphatic carbocycles. The van der Waals surface area contributed by atoms with Gasteiger partial charge in [0.15, 0.2) is 0 Å². The fourth-order valence-electron chi connectivity index (χ4n) is 3.76. The van der Waals surface area contributed by atoms with Crippen molar-refractivity contribution in [3.63, 3.8) is 0 Å². The summed E-state index contributed by atoms with van der Waals surface area (Å²) in [6, 6.07) is 9.90. The third-order valence-electron chi connectivity index (χ3n) is 5.44. The minimum atomic E-state index is -0.0521. The molecule has 2 aromatic rings. The lowest BCUT2D eigenvalue weighted by atomic mass is 9.68. The first-order chi connectivity index (χ1) is 12.1. The molecule has 26 heavy (non-hydrogen) atoms. The molecule has 0 unspecified atom stereocenters. The Morgan fingerprint density at radius 3 is 2.62 bits per heavy atom. The number of nitrogens with zero attached hydrogens (tertiary/aromatic N) is 3. The van der Waals surface area contributed by atoms with Crippen LogP contribution in [0.2, 0.25) is 5.02 Å². The predicted molar refractivity (Wildman–Crippen MR) is 106 cm³/mol. The summed E-state index contributed by atoms with van der Waals surface area (Å²) in [5.41, 5.74) is 7.88. The number of nitrogens with two attached hydrogens (primary N) is 1. The molecular weight excluding hydrogens is 371 g/mol. The number of benzene rings is 1. The molecular formula is C19H24Cl2N4O. The van der Waals surface area contributed by atoms with E-state index in [1.807, 2.05) is 30.1 Å². The zero-order valence-electron chi connectivity index (χ0n) is 14.8. The zero-order valence-corrected chi connectivity index (χ0v) is 16.3. The maximum atomic E-state index is 12.6. The first-order valence-corrected chi connectivity index (χ1v) is 8.93. The zero-order chi connectivity index (χ0) is 17.9. The van der Waals surface area contributed by atoms with E-state index in [0.717, 1.165) is 30.7 Å². The summed E-state index contributed by atoms with van der Waals surface area (Å²) in [6.07, 6.45) is 6.79. The van der Waals surface area contributed by atoms with Gasteiger partial charge >= 0.3 is 0 Å². The van der Waals surface area contributed by atoms with Crippen LogP contribution in [0.15, 0.2) is 42.7 Å². The Hall–Kier alpha value is -1.69. The van der Waals surface area contributed by atoms with Crippen molar-refractivity contribution in [2.24, 2.45) is 5.73 Å². The van der Waals surface area contributed by atoms with Gasteiger partial charge in [-0.2, -0.15) is 10.2 Å². The van der Waals surface area contributed by atoms with Gasteiger partial charge in [-0.3, -0.25) is 4.79 Å². The van der Waals surface area contributed by atoms with E-state index in [0.29, 0.717) is 12.1 Å². The maximum Gasteiger partial charge on any atom is 0.255 e. The lowest BCUT2D eigenvalue weighted by molar-refractivity contribution is 0.0662. The number of rotatable bonds is 4. The van der Waals surface area contributed by atoms with Crippen molar-refractivity contribution in [1.82, 2.24) is 15.1 Å². The Morgan fingerprint density at radius 1 is 1.31 bits per heavy atom. The first-order valence-electron chi connectivity index (χ1n) is 8.56. The maximum absolute atomic E-state index is 12.6.